The van der Waals surface area contributed by atoms with Crippen molar-refractivity contribution in [2.75, 3.05) is 11.4 Å². The van der Waals surface area contributed by atoms with Crippen molar-refractivity contribution in [3.63, 3.8) is 0 Å². The SMILES string of the molecule is CN(c1cccc(Cl)c1)S(=O)(=O)c1cccc(C(=O)Oc2ccc(-n3cnnn3)cc2)c1. The molecule has 0 amide bonds. The van der Waals surface area contributed by atoms with E-state index >= 15 is 0 Å². The molecule has 0 atom stereocenters. The highest BCUT2D eigenvalue weighted by Crippen LogP contribution is 2.25. The molecule has 11 heteroatoms. The maximum atomic E-state index is 13.0. The summed E-state index contributed by atoms with van der Waals surface area (Å²) in [4.78, 5) is 12.6. The van der Waals surface area contributed by atoms with Crippen molar-refractivity contribution >= 4 is 33.3 Å². The largest absolute Gasteiger partial charge is 0.423 e. The molecular formula is C21H16ClN5O4S. The minimum Gasteiger partial charge on any atom is -0.423 e. The number of esters is 1. The number of anilines is 1. The molecule has 4 aromatic rings. The Bertz CT molecular complexity index is 1360. The third-order valence-electron chi connectivity index (χ3n) is 4.56. The molecule has 1 heterocycles. The number of halogens is 1. The van der Waals surface area contributed by atoms with Crippen LogP contribution in [0.5, 0.6) is 5.75 Å². The summed E-state index contributed by atoms with van der Waals surface area (Å²) >= 11 is 5.97. The summed E-state index contributed by atoms with van der Waals surface area (Å²) in [6.45, 7) is 0. The number of hydrogen-bond donors (Lipinski definition) is 0. The van der Waals surface area contributed by atoms with Gasteiger partial charge >= 0.3 is 5.97 Å². The number of nitrogens with zero attached hydrogens (tertiary/aromatic N) is 5. The standard InChI is InChI=1S/C21H16ClN5O4S/c1-26(18-6-3-5-16(22)13-18)32(29,30)20-7-2-4-15(12-20)21(28)31-19-10-8-17(9-11-19)27-14-23-24-25-27/h2-14H,1H3. The Morgan fingerprint density at radius 1 is 1.03 bits per heavy atom. The first kappa shape index (κ1) is 21.5. The average molecular weight is 470 g/mol. The van der Waals surface area contributed by atoms with E-state index in [1.54, 1.807) is 42.5 Å². The van der Waals surface area contributed by atoms with Gasteiger partial charge in [-0.1, -0.05) is 23.7 Å². The van der Waals surface area contributed by atoms with Crippen LogP contribution in [0.25, 0.3) is 5.69 Å². The number of carbonyl (C=O) groups excluding carboxylic acids is 1. The van der Waals surface area contributed by atoms with Gasteiger partial charge in [0.05, 0.1) is 21.8 Å². The lowest BCUT2D eigenvalue weighted by Gasteiger charge is -2.20. The van der Waals surface area contributed by atoms with E-state index in [4.69, 9.17) is 16.3 Å². The third-order valence-corrected chi connectivity index (χ3v) is 6.58. The highest BCUT2D eigenvalue weighted by Gasteiger charge is 2.23. The van der Waals surface area contributed by atoms with Gasteiger partial charge in [0.25, 0.3) is 10.0 Å². The van der Waals surface area contributed by atoms with Gasteiger partial charge in [-0.25, -0.2) is 17.9 Å². The molecular weight excluding hydrogens is 454 g/mol. The van der Waals surface area contributed by atoms with Crippen LogP contribution in [0.1, 0.15) is 10.4 Å². The van der Waals surface area contributed by atoms with E-state index in [2.05, 4.69) is 15.5 Å². The number of rotatable bonds is 6. The van der Waals surface area contributed by atoms with E-state index < -0.39 is 16.0 Å². The molecule has 4 rings (SSSR count). The van der Waals surface area contributed by atoms with Crippen LogP contribution in [0.15, 0.2) is 84.0 Å². The Hall–Kier alpha value is -3.76. The molecule has 32 heavy (non-hydrogen) atoms. The number of carbonyl (C=O) groups is 1. The molecule has 0 aliphatic carbocycles. The van der Waals surface area contributed by atoms with Gasteiger partial charge in [0, 0.05) is 12.1 Å². The first-order valence-electron chi connectivity index (χ1n) is 9.25. The van der Waals surface area contributed by atoms with E-state index in [0.29, 0.717) is 16.4 Å². The van der Waals surface area contributed by atoms with Gasteiger partial charge in [-0.15, -0.1) is 5.10 Å². The summed E-state index contributed by atoms with van der Waals surface area (Å²) in [6.07, 6.45) is 1.44. The lowest BCUT2D eigenvalue weighted by Crippen LogP contribution is -2.26. The number of benzene rings is 3. The average Bonchev–Trinajstić information content (AvgIpc) is 3.34. The molecule has 0 saturated heterocycles. The van der Waals surface area contributed by atoms with Gasteiger partial charge in [0.2, 0.25) is 0 Å². The van der Waals surface area contributed by atoms with Gasteiger partial charge in [-0.3, -0.25) is 4.31 Å². The van der Waals surface area contributed by atoms with Crippen LogP contribution in [-0.4, -0.2) is 41.6 Å². The van der Waals surface area contributed by atoms with Crippen molar-refractivity contribution in [2.45, 2.75) is 4.90 Å². The van der Waals surface area contributed by atoms with Gasteiger partial charge in [-0.05, 0) is 71.1 Å². The van der Waals surface area contributed by atoms with Crippen LogP contribution in [0.2, 0.25) is 5.02 Å². The summed E-state index contributed by atoms with van der Waals surface area (Å²) in [5.74, 6) is -0.404. The quantitative estimate of drug-likeness (QED) is 0.314. The fourth-order valence-corrected chi connectivity index (χ4v) is 4.28. The number of tetrazole rings is 1. The molecule has 0 aliphatic heterocycles. The summed E-state index contributed by atoms with van der Waals surface area (Å²) in [6, 6.07) is 18.6. The monoisotopic (exact) mass is 469 g/mol. The Morgan fingerprint density at radius 2 is 1.78 bits per heavy atom. The van der Waals surface area contributed by atoms with Crippen LogP contribution in [0, 0.1) is 0 Å². The van der Waals surface area contributed by atoms with Crippen LogP contribution in [0.3, 0.4) is 0 Å². The smallest absolute Gasteiger partial charge is 0.343 e. The Morgan fingerprint density at radius 3 is 2.47 bits per heavy atom. The summed E-state index contributed by atoms with van der Waals surface area (Å²) in [5, 5.41) is 11.3. The first-order valence-corrected chi connectivity index (χ1v) is 11.1. The minimum absolute atomic E-state index is 0.0524. The van der Waals surface area contributed by atoms with E-state index in [9.17, 15) is 13.2 Å². The molecule has 0 N–H and O–H groups in total. The Kier molecular flexibility index (Phi) is 5.89. The van der Waals surface area contributed by atoms with E-state index in [-0.39, 0.29) is 16.2 Å². The van der Waals surface area contributed by atoms with Crippen LogP contribution in [-0.2, 0) is 10.0 Å². The molecule has 9 nitrogen and oxygen atoms in total. The lowest BCUT2D eigenvalue weighted by atomic mass is 10.2. The molecule has 0 saturated carbocycles. The summed E-state index contributed by atoms with van der Waals surface area (Å²) in [7, 11) is -2.51. The third kappa shape index (κ3) is 4.46. The van der Waals surface area contributed by atoms with Crippen molar-refractivity contribution in [1.82, 2.24) is 20.2 Å². The molecule has 0 aliphatic rings. The molecule has 3 aromatic carbocycles. The van der Waals surface area contributed by atoms with Crippen molar-refractivity contribution in [3.8, 4) is 11.4 Å². The van der Waals surface area contributed by atoms with Crippen LogP contribution >= 0.6 is 11.6 Å². The molecule has 0 spiro atoms. The predicted octanol–water partition coefficient (Wildman–Crippen LogP) is 3.36. The Labute approximate surface area is 188 Å². The van der Waals surface area contributed by atoms with E-state index in [1.807, 2.05) is 0 Å². The van der Waals surface area contributed by atoms with Gasteiger partial charge < -0.3 is 4.74 Å². The minimum atomic E-state index is -3.92. The number of sulfonamides is 1. The second-order valence-corrected chi connectivity index (χ2v) is 9.02. The highest BCUT2D eigenvalue weighted by atomic mass is 35.5. The topological polar surface area (TPSA) is 107 Å². The molecule has 0 bridgehead atoms. The van der Waals surface area contributed by atoms with Crippen molar-refractivity contribution in [2.24, 2.45) is 0 Å². The molecule has 162 valence electrons. The Balaban J connectivity index is 1.53. The van der Waals surface area contributed by atoms with Gasteiger partial charge in [-0.2, -0.15) is 0 Å². The molecule has 0 unspecified atom stereocenters. The molecule has 0 radical (unpaired) electrons. The van der Waals surface area contributed by atoms with E-state index in [0.717, 1.165) is 4.31 Å². The normalized spacial score (nSPS) is 11.2. The number of aromatic nitrogens is 4. The maximum absolute atomic E-state index is 13.0. The van der Waals surface area contributed by atoms with E-state index in [1.165, 1.54) is 48.4 Å². The summed E-state index contributed by atoms with van der Waals surface area (Å²) in [5.41, 5.74) is 1.18. The predicted molar refractivity (Wildman–Crippen MR) is 118 cm³/mol. The second-order valence-electron chi connectivity index (χ2n) is 6.62. The van der Waals surface area contributed by atoms with Crippen molar-refractivity contribution in [3.05, 3.63) is 89.7 Å². The molecule has 1 aromatic heterocycles. The van der Waals surface area contributed by atoms with Crippen LogP contribution in [0.4, 0.5) is 5.69 Å². The number of ether oxygens (including phenoxy) is 1. The lowest BCUT2D eigenvalue weighted by molar-refractivity contribution is 0.0734. The fourth-order valence-electron chi connectivity index (χ4n) is 2.86. The highest BCUT2D eigenvalue weighted by molar-refractivity contribution is 7.92. The second kappa shape index (κ2) is 8.77. The zero-order chi connectivity index (χ0) is 22.7. The fraction of sp³-hybridized carbons (Fsp3) is 0.0476. The first-order chi connectivity index (χ1) is 15.3. The van der Waals surface area contributed by atoms with Gasteiger partial charge in [0.1, 0.15) is 12.1 Å². The van der Waals surface area contributed by atoms with Crippen molar-refractivity contribution in [1.29, 1.82) is 0 Å². The zero-order valence-electron chi connectivity index (χ0n) is 16.7. The van der Waals surface area contributed by atoms with Gasteiger partial charge in [0.15, 0.2) is 0 Å². The number of hydrogen-bond acceptors (Lipinski definition) is 7. The van der Waals surface area contributed by atoms with Crippen molar-refractivity contribution < 1.29 is 17.9 Å². The maximum Gasteiger partial charge on any atom is 0.343 e. The van der Waals surface area contributed by atoms with Crippen LogP contribution < -0.4 is 9.04 Å². The zero-order valence-corrected chi connectivity index (χ0v) is 18.2. The summed E-state index contributed by atoms with van der Waals surface area (Å²) < 4.78 is 34.0. The molecule has 0 fully saturated rings.